The number of benzene rings is 1. The van der Waals surface area contributed by atoms with Gasteiger partial charge in [0.05, 0.1) is 20.3 Å². The molecule has 0 N–H and O–H groups in total. The number of fused-ring (bicyclic) bond motifs is 2. The molecule has 1 fully saturated rings. The minimum atomic E-state index is -3.55. The van der Waals surface area contributed by atoms with Crippen molar-refractivity contribution in [3.8, 4) is 0 Å². The topological polar surface area (TPSA) is 68.3 Å². The molecule has 1 aliphatic heterocycles. The van der Waals surface area contributed by atoms with Crippen LogP contribution in [-0.2, 0) is 19.7 Å². The summed E-state index contributed by atoms with van der Waals surface area (Å²) < 4.78 is 52.4. The highest BCUT2D eigenvalue weighted by Gasteiger charge is 2.51. The molecule has 2 aliphatic rings. The molecule has 0 aromatic heterocycles. The van der Waals surface area contributed by atoms with Crippen molar-refractivity contribution in [2.45, 2.75) is 46.0 Å². The Morgan fingerprint density at radius 1 is 0.900 bits per heavy atom. The first-order chi connectivity index (χ1) is 9.26. The largest absolute Gasteiger partial charge is 0.223 e. The van der Waals surface area contributed by atoms with Crippen LogP contribution in [0, 0.1) is 7.14 Å². The van der Waals surface area contributed by atoms with Crippen LogP contribution < -0.4 is 0 Å². The van der Waals surface area contributed by atoms with Gasteiger partial charge in [-0.3, -0.25) is 0 Å². The Morgan fingerprint density at radius 3 is 2.05 bits per heavy atom. The second-order valence-corrected chi connectivity index (χ2v) is 11.8. The second kappa shape index (κ2) is 5.05. The van der Waals surface area contributed by atoms with Crippen LogP contribution >= 0.6 is 45.2 Å². The zero-order valence-corrected chi connectivity index (χ0v) is 16.3. The van der Waals surface area contributed by atoms with Crippen molar-refractivity contribution in [2.24, 2.45) is 0 Å². The zero-order chi connectivity index (χ0) is 14.7. The molecule has 20 heavy (non-hydrogen) atoms. The molecule has 0 saturated heterocycles. The third-order valence-corrected chi connectivity index (χ3v) is 10.8. The van der Waals surface area contributed by atoms with Crippen molar-refractivity contribution < 1.29 is 16.8 Å². The van der Waals surface area contributed by atoms with Crippen molar-refractivity contribution in [3.05, 3.63) is 19.3 Å². The van der Waals surface area contributed by atoms with E-state index in [1.54, 1.807) is 6.07 Å². The summed E-state index contributed by atoms with van der Waals surface area (Å²) in [6.45, 7) is 0. The van der Waals surface area contributed by atoms with E-state index in [4.69, 9.17) is 0 Å². The summed E-state index contributed by atoms with van der Waals surface area (Å²) in [5.41, 5.74) is 0. The maximum absolute atomic E-state index is 12.8. The van der Waals surface area contributed by atoms with Gasteiger partial charge in [0.15, 0.2) is 19.7 Å². The van der Waals surface area contributed by atoms with Gasteiger partial charge in [-0.15, -0.1) is 0 Å². The van der Waals surface area contributed by atoms with Gasteiger partial charge in [0, 0.05) is 7.14 Å². The van der Waals surface area contributed by atoms with Gasteiger partial charge in [0.2, 0.25) is 0 Å². The average Bonchev–Trinajstić information content (AvgIpc) is 2.36. The van der Waals surface area contributed by atoms with Crippen molar-refractivity contribution >= 4 is 64.9 Å². The SMILES string of the molecule is O=S1(=O)c2cc(I)cc(I)c2S(=O)(=O)C2CCCCC21. The molecule has 110 valence electrons. The molecule has 8 heteroatoms. The molecule has 1 aromatic rings. The lowest BCUT2D eigenvalue weighted by molar-refractivity contribution is 0.461. The fourth-order valence-corrected chi connectivity index (χ4v) is 11.8. The van der Waals surface area contributed by atoms with Crippen LogP contribution in [-0.4, -0.2) is 27.3 Å². The molecule has 1 heterocycles. The standard InChI is InChI=1S/C12H12I2O4S2/c13-7-5-8(14)12-11(6-7)19(15,16)9-3-1-2-4-10(9)20(12,17)18/h5-6,9-10H,1-4H2. The Balaban J connectivity index is 2.41. The Morgan fingerprint density at radius 2 is 1.45 bits per heavy atom. The van der Waals surface area contributed by atoms with E-state index in [2.05, 4.69) is 0 Å². The van der Waals surface area contributed by atoms with E-state index < -0.39 is 30.2 Å². The Labute approximate surface area is 145 Å². The number of hydrogen-bond donors (Lipinski definition) is 0. The van der Waals surface area contributed by atoms with E-state index in [1.807, 2.05) is 45.2 Å². The van der Waals surface area contributed by atoms with Gasteiger partial charge in [0.25, 0.3) is 0 Å². The van der Waals surface area contributed by atoms with E-state index in [9.17, 15) is 16.8 Å². The van der Waals surface area contributed by atoms with Gasteiger partial charge in [-0.1, -0.05) is 12.8 Å². The normalized spacial score (nSPS) is 30.3. The molecule has 1 saturated carbocycles. The van der Waals surface area contributed by atoms with Crippen molar-refractivity contribution in [3.63, 3.8) is 0 Å². The third kappa shape index (κ3) is 2.16. The summed E-state index contributed by atoms with van der Waals surface area (Å²) in [7, 11) is -7.10. The Kier molecular flexibility index (Phi) is 3.91. The molecular weight excluding hydrogens is 526 g/mol. The van der Waals surface area contributed by atoms with E-state index in [1.165, 1.54) is 6.07 Å². The monoisotopic (exact) mass is 538 g/mol. The number of sulfone groups is 2. The van der Waals surface area contributed by atoms with Crippen LogP contribution in [0.5, 0.6) is 0 Å². The minimum Gasteiger partial charge on any atom is -0.223 e. The quantitative estimate of drug-likeness (QED) is 0.477. The van der Waals surface area contributed by atoms with E-state index in [-0.39, 0.29) is 9.79 Å². The van der Waals surface area contributed by atoms with Crippen molar-refractivity contribution in [2.75, 3.05) is 0 Å². The minimum absolute atomic E-state index is 0.0111. The smallest absolute Gasteiger partial charge is 0.184 e. The molecule has 3 rings (SSSR count). The van der Waals surface area contributed by atoms with Crippen LogP contribution in [0.1, 0.15) is 25.7 Å². The van der Waals surface area contributed by atoms with E-state index in [0.717, 1.165) is 16.4 Å². The Hall–Kier alpha value is 0.580. The van der Waals surface area contributed by atoms with Gasteiger partial charge in [0.1, 0.15) is 0 Å². The molecule has 0 bridgehead atoms. The number of hydrogen-bond acceptors (Lipinski definition) is 4. The zero-order valence-electron chi connectivity index (χ0n) is 10.3. The lowest BCUT2D eigenvalue weighted by Crippen LogP contribution is -2.46. The first-order valence-electron chi connectivity index (χ1n) is 6.23. The predicted octanol–water partition coefficient (Wildman–Crippen LogP) is 2.77. The molecule has 0 radical (unpaired) electrons. The molecule has 4 nitrogen and oxygen atoms in total. The number of halogens is 2. The predicted molar refractivity (Wildman–Crippen MR) is 92.3 cm³/mol. The molecule has 1 aromatic carbocycles. The maximum Gasteiger partial charge on any atom is 0.184 e. The van der Waals surface area contributed by atoms with Gasteiger partial charge in [-0.2, -0.15) is 0 Å². The highest BCUT2D eigenvalue weighted by Crippen LogP contribution is 2.44. The summed E-state index contributed by atoms with van der Waals surface area (Å²) >= 11 is 3.95. The first-order valence-corrected chi connectivity index (χ1v) is 11.5. The summed E-state index contributed by atoms with van der Waals surface area (Å²) in [6, 6.07) is 3.21. The molecule has 0 spiro atoms. The Bertz CT molecular complexity index is 784. The van der Waals surface area contributed by atoms with Gasteiger partial charge in [-0.05, 0) is 70.2 Å². The average molecular weight is 538 g/mol. The number of rotatable bonds is 0. The molecule has 2 atom stereocenters. The maximum atomic E-state index is 12.8. The van der Waals surface area contributed by atoms with Crippen molar-refractivity contribution in [1.29, 1.82) is 0 Å². The van der Waals surface area contributed by atoms with Crippen LogP contribution in [0.4, 0.5) is 0 Å². The van der Waals surface area contributed by atoms with Crippen LogP contribution in [0.2, 0.25) is 0 Å². The molecule has 1 aliphatic carbocycles. The highest BCUT2D eigenvalue weighted by atomic mass is 127. The second-order valence-electron chi connectivity index (χ2n) is 5.17. The van der Waals surface area contributed by atoms with Gasteiger partial charge >= 0.3 is 0 Å². The third-order valence-electron chi connectivity index (χ3n) is 4.00. The van der Waals surface area contributed by atoms with E-state index in [0.29, 0.717) is 16.4 Å². The summed E-state index contributed by atoms with van der Waals surface area (Å²) in [5.74, 6) is 0. The van der Waals surface area contributed by atoms with Crippen molar-refractivity contribution in [1.82, 2.24) is 0 Å². The fraction of sp³-hybridized carbons (Fsp3) is 0.500. The summed E-state index contributed by atoms with van der Waals surface area (Å²) in [4.78, 5) is 0.0404. The molecular formula is C12H12I2O4S2. The van der Waals surface area contributed by atoms with E-state index >= 15 is 0 Å². The van der Waals surface area contributed by atoms with Gasteiger partial charge in [-0.25, -0.2) is 16.8 Å². The first kappa shape index (κ1) is 15.5. The fourth-order valence-electron chi connectivity index (χ4n) is 3.11. The highest BCUT2D eigenvalue weighted by molar-refractivity contribution is 14.1. The van der Waals surface area contributed by atoms with Gasteiger partial charge < -0.3 is 0 Å². The molecule has 2 unspecified atom stereocenters. The van der Waals surface area contributed by atoms with Crippen LogP contribution in [0.15, 0.2) is 21.9 Å². The lowest BCUT2D eigenvalue weighted by Gasteiger charge is -2.36. The summed E-state index contributed by atoms with van der Waals surface area (Å²) in [5, 5.41) is -1.52. The van der Waals surface area contributed by atoms with Crippen LogP contribution in [0.25, 0.3) is 0 Å². The lowest BCUT2D eigenvalue weighted by atomic mass is 10.00. The molecule has 0 amide bonds. The van der Waals surface area contributed by atoms with Crippen LogP contribution in [0.3, 0.4) is 0 Å². The summed E-state index contributed by atoms with van der Waals surface area (Å²) in [6.07, 6.45) is 2.47.